The summed E-state index contributed by atoms with van der Waals surface area (Å²) in [7, 11) is 0. The number of carbonyl (C=O) groups is 1. The molecule has 5 atom stereocenters. The average molecular weight is 559 g/mol. The zero-order valence-corrected chi connectivity index (χ0v) is 21.6. The highest BCUT2D eigenvalue weighted by Gasteiger charge is 2.42. The molecule has 1 aliphatic rings. The van der Waals surface area contributed by atoms with E-state index in [1.807, 2.05) is 0 Å². The van der Waals surface area contributed by atoms with Crippen LogP contribution >= 0.6 is 11.8 Å². The Bertz CT molecular complexity index is 1040. The summed E-state index contributed by atoms with van der Waals surface area (Å²) in [4.78, 5) is 22.2. The number of aromatic nitrogens is 2. The van der Waals surface area contributed by atoms with Crippen LogP contribution in [0.4, 0.5) is 16.2 Å². The molecule has 0 amide bonds. The van der Waals surface area contributed by atoms with E-state index in [4.69, 9.17) is 9.47 Å². The van der Waals surface area contributed by atoms with Gasteiger partial charge in [0.25, 0.3) is 0 Å². The first-order chi connectivity index (χ1) is 18.3. The number of ether oxygens (including phenoxy) is 2. The van der Waals surface area contributed by atoms with Crippen LogP contribution in [0.1, 0.15) is 44.9 Å². The number of non-ortho nitro benzene ring substituents is 1. The van der Waals surface area contributed by atoms with Crippen molar-refractivity contribution in [1.82, 2.24) is 10.3 Å². The molecule has 14 nitrogen and oxygen atoms in total. The molecule has 38 heavy (non-hydrogen) atoms. The maximum absolute atomic E-state index is 11.7. The van der Waals surface area contributed by atoms with Crippen LogP contribution in [0.3, 0.4) is 0 Å². The Morgan fingerprint density at radius 1 is 0.974 bits per heavy atom. The fourth-order valence-corrected chi connectivity index (χ4v) is 5.71. The number of carbonyl (C=O) groups excluding carboxylic acids is 1. The summed E-state index contributed by atoms with van der Waals surface area (Å²) in [6.45, 7) is 0.246. The average Bonchev–Trinajstić information content (AvgIpc) is 3.40. The number of rotatable bonds is 15. The number of benzene rings is 1. The third-order valence-corrected chi connectivity index (χ3v) is 7.96. The normalized spacial score (nSPS) is 23.3. The molecule has 1 fully saturated rings. The number of nitro groups is 1. The molecule has 1 aliphatic heterocycles. The fourth-order valence-electron chi connectivity index (χ4n) is 4.23. The number of thioether (sulfide) groups is 1. The van der Waals surface area contributed by atoms with E-state index in [9.17, 15) is 35.3 Å². The van der Waals surface area contributed by atoms with E-state index >= 15 is 0 Å². The lowest BCUT2D eigenvalue weighted by Crippen LogP contribution is -2.53. The molecule has 2 heterocycles. The van der Waals surface area contributed by atoms with Crippen LogP contribution in [-0.4, -0.2) is 97.0 Å². The van der Waals surface area contributed by atoms with Gasteiger partial charge in [-0.1, -0.05) is 32.1 Å². The molecule has 15 heteroatoms. The van der Waals surface area contributed by atoms with Gasteiger partial charge in [-0.2, -0.15) is 0 Å². The topological polar surface area (TPSA) is 211 Å². The van der Waals surface area contributed by atoms with Crippen molar-refractivity contribution in [1.29, 1.82) is 0 Å². The van der Waals surface area contributed by atoms with Gasteiger partial charge in [0, 0.05) is 17.9 Å². The smallest absolute Gasteiger partial charge is 0.434 e. The van der Waals surface area contributed by atoms with Crippen molar-refractivity contribution in [3.05, 3.63) is 22.2 Å². The molecule has 0 unspecified atom stereocenters. The maximum atomic E-state index is 11.7. The standard InChI is InChI=1S/C23H34N4O10S/c28-13-17-21(30)22(31)20(29)16(38-17)7-5-3-1-2-4-6-11-35-23(32)36-12-10-24-14-8-9-15(27(33)34)19-18(14)25-37-26-19/h8-9,16-17,20-22,24,28-31H,1-7,10-13H2/t16-,17+,20-,21+,22+/m0/s1. The van der Waals surface area contributed by atoms with Gasteiger partial charge in [0.2, 0.25) is 5.52 Å². The quantitative estimate of drug-likeness (QED) is 0.0916. The van der Waals surface area contributed by atoms with Gasteiger partial charge in [-0.05, 0) is 29.2 Å². The summed E-state index contributed by atoms with van der Waals surface area (Å²) >= 11 is 1.33. The summed E-state index contributed by atoms with van der Waals surface area (Å²) in [5, 5.41) is 59.8. The first-order valence-electron chi connectivity index (χ1n) is 12.6. The minimum atomic E-state index is -1.24. The Balaban J connectivity index is 1.19. The van der Waals surface area contributed by atoms with Crippen LogP contribution in [0.2, 0.25) is 0 Å². The van der Waals surface area contributed by atoms with Gasteiger partial charge < -0.3 is 35.2 Å². The van der Waals surface area contributed by atoms with Crippen molar-refractivity contribution < 1.29 is 44.2 Å². The second kappa shape index (κ2) is 15.0. The van der Waals surface area contributed by atoms with Crippen LogP contribution in [0.15, 0.2) is 16.8 Å². The predicted octanol–water partition coefficient (Wildman–Crippen LogP) is 1.99. The van der Waals surface area contributed by atoms with Crippen molar-refractivity contribution in [2.45, 2.75) is 73.8 Å². The van der Waals surface area contributed by atoms with E-state index in [0.717, 1.165) is 32.1 Å². The molecule has 0 aliphatic carbocycles. The first-order valence-corrected chi connectivity index (χ1v) is 13.5. The molecule has 212 valence electrons. The van der Waals surface area contributed by atoms with Crippen molar-refractivity contribution in [2.75, 3.05) is 31.7 Å². The Kier molecular flexibility index (Phi) is 11.8. The van der Waals surface area contributed by atoms with Gasteiger partial charge in [-0.15, -0.1) is 11.8 Å². The van der Waals surface area contributed by atoms with Crippen LogP contribution < -0.4 is 5.32 Å². The fraction of sp³-hybridized carbons (Fsp3) is 0.696. The third-order valence-electron chi connectivity index (χ3n) is 6.32. The van der Waals surface area contributed by atoms with Crippen molar-refractivity contribution in [3.8, 4) is 0 Å². The van der Waals surface area contributed by atoms with Gasteiger partial charge in [0.05, 0.1) is 41.3 Å². The van der Waals surface area contributed by atoms with E-state index in [1.165, 1.54) is 23.9 Å². The zero-order chi connectivity index (χ0) is 27.5. The number of nitrogens with zero attached hydrogens (tertiary/aromatic N) is 3. The van der Waals surface area contributed by atoms with Crippen LogP contribution in [0.5, 0.6) is 0 Å². The number of nitro benzene ring substituents is 1. The van der Waals surface area contributed by atoms with Crippen LogP contribution in [0.25, 0.3) is 11.0 Å². The van der Waals surface area contributed by atoms with Gasteiger partial charge in [-0.25, -0.2) is 9.42 Å². The Labute approximate surface area is 222 Å². The molecular formula is C23H34N4O10S. The highest BCUT2D eigenvalue weighted by molar-refractivity contribution is 8.00. The summed E-state index contributed by atoms with van der Waals surface area (Å²) < 4.78 is 14.7. The van der Waals surface area contributed by atoms with Crippen molar-refractivity contribution >= 4 is 40.3 Å². The van der Waals surface area contributed by atoms with Crippen molar-refractivity contribution in [3.63, 3.8) is 0 Å². The van der Waals surface area contributed by atoms with E-state index in [1.54, 1.807) is 0 Å². The number of unbranched alkanes of at least 4 members (excludes halogenated alkanes) is 5. The monoisotopic (exact) mass is 558 g/mol. The van der Waals surface area contributed by atoms with Crippen LogP contribution in [-0.2, 0) is 9.47 Å². The number of hydrogen-bond donors (Lipinski definition) is 5. The Hall–Kier alpha value is -2.72. The molecule has 5 N–H and O–H groups in total. The first kappa shape index (κ1) is 29.8. The maximum Gasteiger partial charge on any atom is 0.508 e. The van der Waals surface area contributed by atoms with Gasteiger partial charge in [-0.3, -0.25) is 10.1 Å². The largest absolute Gasteiger partial charge is 0.508 e. The van der Waals surface area contributed by atoms with E-state index in [-0.39, 0.29) is 48.3 Å². The molecular weight excluding hydrogens is 524 g/mol. The lowest BCUT2D eigenvalue weighted by atomic mass is 9.98. The minimum Gasteiger partial charge on any atom is -0.434 e. The summed E-state index contributed by atoms with van der Waals surface area (Å²) in [5.74, 6) is 0. The van der Waals surface area contributed by atoms with E-state index in [0.29, 0.717) is 18.5 Å². The molecule has 0 spiro atoms. The summed E-state index contributed by atoms with van der Waals surface area (Å²) in [6, 6.07) is 2.76. The van der Waals surface area contributed by atoms with E-state index in [2.05, 4.69) is 20.3 Å². The Morgan fingerprint density at radius 3 is 2.37 bits per heavy atom. The molecule has 2 aromatic rings. The van der Waals surface area contributed by atoms with E-state index < -0.39 is 34.6 Å². The second-order valence-corrected chi connectivity index (χ2v) is 10.5. The lowest BCUT2D eigenvalue weighted by Gasteiger charge is -2.39. The SMILES string of the molecule is O=C(OCCCCCCCC[C@@H]1S[C@H](CO)[C@@H](O)[C@H](O)[C@H]1O)OCCNc1ccc([N+](=O)[O-])c2nonc12. The Morgan fingerprint density at radius 2 is 1.63 bits per heavy atom. The predicted molar refractivity (Wildman–Crippen MR) is 137 cm³/mol. The number of nitrogens with one attached hydrogen (secondary N) is 1. The molecule has 1 aromatic heterocycles. The lowest BCUT2D eigenvalue weighted by molar-refractivity contribution is -0.383. The summed E-state index contributed by atoms with van der Waals surface area (Å²) in [5.41, 5.74) is 0.479. The number of aliphatic hydroxyl groups is 4. The molecule has 0 saturated carbocycles. The minimum absolute atomic E-state index is 0.0195. The zero-order valence-electron chi connectivity index (χ0n) is 20.8. The molecule has 0 radical (unpaired) electrons. The third kappa shape index (κ3) is 8.14. The highest BCUT2D eigenvalue weighted by Crippen LogP contribution is 2.35. The van der Waals surface area contributed by atoms with Gasteiger partial charge >= 0.3 is 11.8 Å². The number of hydrogen-bond acceptors (Lipinski definition) is 14. The van der Waals surface area contributed by atoms with Gasteiger partial charge in [0.1, 0.15) is 12.7 Å². The highest BCUT2D eigenvalue weighted by atomic mass is 32.2. The molecule has 3 rings (SSSR count). The van der Waals surface area contributed by atoms with Gasteiger partial charge in [0.15, 0.2) is 5.52 Å². The van der Waals surface area contributed by atoms with Crippen LogP contribution in [0, 0.1) is 10.1 Å². The second-order valence-electron chi connectivity index (χ2n) is 9.00. The number of anilines is 1. The number of aliphatic hydroxyl groups excluding tert-OH is 4. The molecule has 1 aromatic carbocycles. The van der Waals surface area contributed by atoms with Crippen molar-refractivity contribution in [2.24, 2.45) is 0 Å². The molecule has 1 saturated heterocycles. The molecule has 0 bridgehead atoms. The summed E-state index contributed by atoms with van der Waals surface area (Å²) in [6.07, 6.45) is 1.90. The number of fused-ring (bicyclic) bond motifs is 1.